The fourth-order valence-electron chi connectivity index (χ4n) is 4.98. The summed E-state index contributed by atoms with van der Waals surface area (Å²) in [5, 5.41) is 11.9. The molecule has 0 bridgehead atoms. The number of benzene rings is 3. The van der Waals surface area contributed by atoms with E-state index in [0.717, 1.165) is 46.5 Å². The molecule has 4 heteroatoms. The third-order valence-electron chi connectivity index (χ3n) is 6.81. The molecule has 1 N–H and O–H groups in total. The van der Waals surface area contributed by atoms with Crippen LogP contribution in [0.1, 0.15) is 44.7 Å². The molecule has 0 aliphatic heterocycles. The van der Waals surface area contributed by atoms with E-state index in [1.54, 1.807) is 13.3 Å². The van der Waals surface area contributed by atoms with Crippen molar-refractivity contribution in [1.82, 2.24) is 4.98 Å². The monoisotopic (exact) mass is 449 g/mol. The van der Waals surface area contributed by atoms with Gasteiger partial charge >= 0.3 is 0 Å². The van der Waals surface area contributed by atoms with Gasteiger partial charge in [0.05, 0.1) is 7.11 Å². The Morgan fingerprint density at radius 3 is 2.15 bits per heavy atom. The summed E-state index contributed by atoms with van der Waals surface area (Å²) < 4.78 is 5.44. The zero-order valence-corrected chi connectivity index (χ0v) is 19.1. The van der Waals surface area contributed by atoms with E-state index in [1.165, 1.54) is 0 Å². The molecule has 3 aromatic carbocycles. The van der Waals surface area contributed by atoms with Crippen molar-refractivity contribution in [3.8, 4) is 5.75 Å². The molecular formula is C30H27NO3. The molecular weight excluding hydrogens is 422 g/mol. The Labute approximate surface area is 199 Å². The van der Waals surface area contributed by atoms with Crippen molar-refractivity contribution in [2.24, 2.45) is 5.92 Å². The van der Waals surface area contributed by atoms with Crippen LogP contribution >= 0.6 is 0 Å². The van der Waals surface area contributed by atoms with Gasteiger partial charge in [0.1, 0.15) is 11.4 Å². The Morgan fingerprint density at radius 2 is 1.56 bits per heavy atom. The minimum Gasteiger partial charge on any atom is -0.496 e. The average Bonchev–Trinajstić information content (AvgIpc) is 2.91. The Hall–Kier alpha value is -3.76. The van der Waals surface area contributed by atoms with Gasteiger partial charge in [-0.15, -0.1) is 0 Å². The minimum absolute atomic E-state index is 0.111. The lowest BCUT2D eigenvalue weighted by atomic mass is 9.79. The van der Waals surface area contributed by atoms with Gasteiger partial charge in [0.25, 0.3) is 0 Å². The van der Waals surface area contributed by atoms with Gasteiger partial charge in [-0.3, -0.25) is 9.78 Å². The molecule has 34 heavy (non-hydrogen) atoms. The molecule has 0 radical (unpaired) electrons. The number of aliphatic hydroxyl groups is 1. The lowest BCUT2D eigenvalue weighted by molar-refractivity contribution is 0.0899. The molecule has 5 rings (SSSR count). The first kappa shape index (κ1) is 22.1. The molecule has 1 atom stereocenters. The Bertz CT molecular complexity index is 1240. The number of methoxy groups -OCH3 is 1. The van der Waals surface area contributed by atoms with E-state index < -0.39 is 5.60 Å². The number of rotatable bonds is 6. The van der Waals surface area contributed by atoms with E-state index in [-0.39, 0.29) is 11.7 Å². The van der Waals surface area contributed by atoms with E-state index in [4.69, 9.17) is 4.74 Å². The fraction of sp³-hybridized carbons (Fsp3) is 0.200. The van der Waals surface area contributed by atoms with E-state index in [9.17, 15) is 9.90 Å². The number of ketones is 1. The number of pyridine rings is 1. The number of carbonyl (C=O) groups is 1. The molecule has 0 fully saturated rings. The number of nitrogens with zero attached hydrogens (tertiary/aromatic N) is 1. The van der Waals surface area contributed by atoms with Crippen molar-refractivity contribution >= 4 is 5.78 Å². The fourth-order valence-corrected chi connectivity index (χ4v) is 4.98. The van der Waals surface area contributed by atoms with Crippen LogP contribution in [0.2, 0.25) is 0 Å². The van der Waals surface area contributed by atoms with E-state index >= 15 is 0 Å². The predicted octanol–water partition coefficient (Wildman–Crippen LogP) is 5.36. The summed E-state index contributed by atoms with van der Waals surface area (Å²) in [5.74, 6) is 0.823. The summed E-state index contributed by atoms with van der Waals surface area (Å²) in [4.78, 5) is 17.8. The number of ether oxygens (including phenoxy) is 1. The van der Waals surface area contributed by atoms with Gasteiger partial charge in [0, 0.05) is 34.5 Å². The molecule has 170 valence electrons. The number of fused-ring (bicyclic) bond motifs is 1. The average molecular weight is 450 g/mol. The van der Waals surface area contributed by atoms with Crippen LogP contribution in [0.15, 0.2) is 97.2 Å². The van der Waals surface area contributed by atoms with Gasteiger partial charge in [-0.05, 0) is 42.5 Å². The molecule has 1 unspecified atom stereocenters. The standard InChI is InChI=1S/C30H27NO3/c1-34-28-14-8-13-27-26(28)18-15-21(29(27)32)19-25-17-16-24(20-31-25)30(33,22-9-4-2-5-10-22)23-11-6-3-7-12-23/h2-14,16-17,20-21,33H,15,18-19H2,1H3. The number of aromatic nitrogens is 1. The molecule has 4 aromatic rings. The largest absolute Gasteiger partial charge is 0.496 e. The van der Waals surface area contributed by atoms with Gasteiger partial charge in [-0.1, -0.05) is 78.9 Å². The zero-order valence-electron chi connectivity index (χ0n) is 19.1. The maximum Gasteiger partial charge on any atom is 0.166 e. The summed E-state index contributed by atoms with van der Waals surface area (Å²) >= 11 is 0. The van der Waals surface area contributed by atoms with Crippen molar-refractivity contribution in [3.05, 3.63) is 131 Å². The van der Waals surface area contributed by atoms with Crippen LogP contribution in [0.5, 0.6) is 5.75 Å². The molecule has 0 spiro atoms. The maximum absolute atomic E-state index is 13.2. The van der Waals surface area contributed by atoms with E-state index in [0.29, 0.717) is 12.0 Å². The predicted molar refractivity (Wildman–Crippen MR) is 132 cm³/mol. The van der Waals surface area contributed by atoms with Crippen LogP contribution in [0.3, 0.4) is 0 Å². The highest BCUT2D eigenvalue weighted by molar-refractivity contribution is 6.00. The van der Waals surface area contributed by atoms with Crippen LogP contribution in [0.25, 0.3) is 0 Å². The van der Waals surface area contributed by atoms with Crippen molar-refractivity contribution in [2.75, 3.05) is 7.11 Å². The molecule has 4 nitrogen and oxygen atoms in total. The first-order valence-corrected chi connectivity index (χ1v) is 11.6. The number of hydrogen-bond acceptors (Lipinski definition) is 4. The molecule has 0 saturated carbocycles. The number of hydrogen-bond donors (Lipinski definition) is 1. The summed E-state index contributed by atoms with van der Waals surface area (Å²) in [7, 11) is 1.64. The minimum atomic E-state index is -1.32. The summed E-state index contributed by atoms with van der Waals surface area (Å²) in [6.07, 6.45) is 3.90. The number of carbonyl (C=O) groups excluding carboxylic acids is 1. The first-order chi connectivity index (χ1) is 16.6. The third kappa shape index (κ3) is 3.91. The Kier molecular flexibility index (Phi) is 5.99. The zero-order chi connectivity index (χ0) is 23.5. The smallest absolute Gasteiger partial charge is 0.166 e. The maximum atomic E-state index is 13.2. The highest BCUT2D eigenvalue weighted by atomic mass is 16.5. The summed E-state index contributed by atoms with van der Waals surface area (Å²) in [6.45, 7) is 0. The van der Waals surface area contributed by atoms with Crippen molar-refractivity contribution in [2.45, 2.75) is 24.9 Å². The SMILES string of the molecule is COc1cccc2c1CCC(Cc1ccc(C(O)(c3ccccc3)c3ccccc3)cn1)C2=O. The Morgan fingerprint density at radius 1 is 0.882 bits per heavy atom. The topological polar surface area (TPSA) is 59.4 Å². The van der Waals surface area contributed by atoms with Gasteiger partial charge < -0.3 is 9.84 Å². The number of Topliss-reactive ketones (excluding diaryl/α,β-unsaturated/α-hetero) is 1. The van der Waals surface area contributed by atoms with Gasteiger partial charge in [-0.25, -0.2) is 0 Å². The second kappa shape index (κ2) is 9.24. The van der Waals surface area contributed by atoms with Crippen LogP contribution < -0.4 is 4.74 Å². The van der Waals surface area contributed by atoms with Gasteiger partial charge in [0.15, 0.2) is 5.78 Å². The van der Waals surface area contributed by atoms with E-state index in [1.807, 2.05) is 91.0 Å². The first-order valence-electron chi connectivity index (χ1n) is 11.6. The van der Waals surface area contributed by atoms with Gasteiger partial charge in [0.2, 0.25) is 0 Å². The van der Waals surface area contributed by atoms with Crippen LogP contribution in [-0.2, 0) is 18.4 Å². The second-order valence-corrected chi connectivity index (χ2v) is 8.77. The molecule has 1 aliphatic rings. The molecule has 0 amide bonds. The van der Waals surface area contributed by atoms with Crippen LogP contribution in [0.4, 0.5) is 0 Å². The van der Waals surface area contributed by atoms with Crippen molar-refractivity contribution in [1.29, 1.82) is 0 Å². The lowest BCUT2D eigenvalue weighted by Crippen LogP contribution is -2.29. The van der Waals surface area contributed by atoms with E-state index in [2.05, 4.69) is 4.98 Å². The van der Waals surface area contributed by atoms with Crippen molar-refractivity contribution < 1.29 is 14.6 Å². The van der Waals surface area contributed by atoms with Crippen molar-refractivity contribution in [3.63, 3.8) is 0 Å². The normalized spacial score (nSPS) is 15.6. The highest BCUT2D eigenvalue weighted by Gasteiger charge is 2.34. The molecule has 1 aliphatic carbocycles. The summed E-state index contributed by atoms with van der Waals surface area (Å²) in [5.41, 5.74) is 3.55. The molecule has 1 aromatic heterocycles. The van der Waals surface area contributed by atoms with Crippen LogP contribution in [-0.4, -0.2) is 23.0 Å². The van der Waals surface area contributed by atoms with Gasteiger partial charge in [-0.2, -0.15) is 0 Å². The second-order valence-electron chi connectivity index (χ2n) is 8.77. The lowest BCUT2D eigenvalue weighted by Gasteiger charge is -2.30. The van der Waals surface area contributed by atoms with Crippen LogP contribution in [0, 0.1) is 5.92 Å². The quantitative estimate of drug-likeness (QED) is 0.430. The molecule has 0 saturated heterocycles. The highest BCUT2D eigenvalue weighted by Crippen LogP contribution is 2.37. The molecule has 1 heterocycles. The Balaban J connectivity index is 1.42. The summed E-state index contributed by atoms with van der Waals surface area (Å²) in [6, 6.07) is 28.8. The third-order valence-corrected chi connectivity index (χ3v) is 6.81.